The van der Waals surface area contributed by atoms with Gasteiger partial charge in [-0.3, -0.25) is 15.8 Å². The van der Waals surface area contributed by atoms with E-state index in [1.54, 1.807) is 25.3 Å². The molecule has 0 saturated heterocycles. The number of nitrogens with zero attached hydrogens (tertiary/aromatic N) is 2. The lowest BCUT2D eigenvalue weighted by atomic mass is 10.1. The van der Waals surface area contributed by atoms with Gasteiger partial charge in [-0.1, -0.05) is 12.1 Å². The highest BCUT2D eigenvalue weighted by Crippen LogP contribution is 2.16. The molecule has 1 amide bonds. The fourth-order valence-electron chi connectivity index (χ4n) is 1.59. The van der Waals surface area contributed by atoms with Crippen LogP contribution in [0.25, 0.3) is 6.08 Å². The molecule has 0 aromatic heterocycles. The quantitative estimate of drug-likeness (QED) is 0.333. The fourth-order valence-corrected chi connectivity index (χ4v) is 1.59. The van der Waals surface area contributed by atoms with Crippen LogP contribution in [0.3, 0.4) is 0 Å². The third-order valence-corrected chi connectivity index (χ3v) is 2.58. The minimum absolute atomic E-state index is 0.0256. The number of benzene rings is 1. The Labute approximate surface area is 102 Å². The molecule has 3 N–H and O–H groups in total. The Balaban J connectivity index is 2.42. The first-order chi connectivity index (χ1) is 8.49. The maximum absolute atomic E-state index is 11.6. The minimum atomic E-state index is -0.485. The number of nitro benzene ring substituents is 1. The predicted molar refractivity (Wildman–Crippen MR) is 64.6 cm³/mol. The maximum Gasteiger partial charge on any atom is 0.356 e. The molecule has 0 atom stereocenters. The van der Waals surface area contributed by atoms with Crippen LogP contribution in [0.15, 0.2) is 30.0 Å². The van der Waals surface area contributed by atoms with Gasteiger partial charge in [-0.25, -0.2) is 14.7 Å². The summed E-state index contributed by atoms with van der Waals surface area (Å²) >= 11 is 0. The molecule has 7 heteroatoms. The van der Waals surface area contributed by atoms with E-state index in [2.05, 4.69) is 5.32 Å². The number of likely N-dealkylation sites (N-methyl/N-ethyl adjacent to an activating group) is 1. The molecule has 1 aromatic rings. The first-order valence-electron chi connectivity index (χ1n) is 5.12. The molecular formula is C11H11N4O3+. The molecule has 1 aliphatic rings. The zero-order valence-corrected chi connectivity index (χ0v) is 9.58. The molecule has 0 fully saturated rings. The van der Waals surface area contributed by atoms with E-state index in [0.717, 1.165) is 0 Å². The van der Waals surface area contributed by atoms with Gasteiger partial charge in [0.05, 0.1) is 12.0 Å². The van der Waals surface area contributed by atoms with Crippen molar-refractivity contribution in [2.75, 3.05) is 7.05 Å². The standard InChI is InChI=1S/C11H10N4O3/c1-14-9(10(16)13-11(14)12)6-7-3-2-4-8(5-7)15(17)18/h2-6H,1H3,(H2,12,13,16)/p+1/b9-6-. The number of carbonyl (C=O) groups is 1. The molecule has 1 aromatic carbocycles. The molecule has 0 radical (unpaired) electrons. The summed E-state index contributed by atoms with van der Waals surface area (Å²) < 4.78 is 1.49. The van der Waals surface area contributed by atoms with Crippen molar-refractivity contribution < 1.29 is 14.3 Å². The third-order valence-electron chi connectivity index (χ3n) is 2.58. The minimum Gasteiger partial charge on any atom is -0.290 e. The number of non-ortho nitro benzene ring substituents is 1. The molecular weight excluding hydrogens is 236 g/mol. The van der Waals surface area contributed by atoms with E-state index in [9.17, 15) is 14.9 Å². The van der Waals surface area contributed by atoms with Gasteiger partial charge in [-0.15, -0.1) is 0 Å². The zero-order chi connectivity index (χ0) is 13.3. The SMILES string of the molecule is C[N+]1=C(N)NC(=O)/C1=C/c1cccc([N+](=O)[O-])c1. The number of hydrogen-bond acceptors (Lipinski definition) is 4. The van der Waals surface area contributed by atoms with Gasteiger partial charge in [-0.2, -0.15) is 0 Å². The molecule has 92 valence electrons. The van der Waals surface area contributed by atoms with E-state index < -0.39 is 4.92 Å². The lowest BCUT2D eigenvalue weighted by Crippen LogP contribution is -2.32. The summed E-state index contributed by atoms with van der Waals surface area (Å²) in [5, 5.41) is 13.1. The van der Waals surface area contributed by atoms with Gasteiger partial charge < -0.3 is 0 Å². The second-order valence-corrected chi connectivity index (χ2v) is 3.78. The highest BCUT2D eigenvalue weighted by molar-refractivity contribution is 6.08. The van der Waals surface area contributed by atoms with Crippen LogP contribution in [0.1, 0.15) is 5.56 Å². The Morgan fingerprint density at radius 3 is 2.78 bits per heavy atom. The van der Waals surface area contributed by atoms with Gasteiger partial charge in [0.25, 0.3) is 5.69 Å². The lowest BCUT2D eigenvalue weighted by Gasteiger charge is -1.97. The Morgan fingerprint density at radius 2 is 2.22 bits per heavy atom. The highest BCUT2D eigenvalue weighted by Gasteiger charge is 2.28. The van der Waals surface area contributed by atoms with Crippen molar-refractivity contribution in [1.82, 2.24) is 5.32 Å². The van der Waals surface area contributed by atoms with E-state index in [0.29, 0.717) is 11.3 Å². The highest BCUT2D eigenvalue weighted by atomic mass is 16.6. The summed E-state index contributed by atoms with van der Waals surface area (Å²) in [6.07, 6.45) is 1.54. The Hall–Kier alpha value is -2.70. The summed E-state index contributed by atoms with van der Waals surface area (Å²) in [7, 11) is 1.64. The summed E-state index contributed by atoms with van der Waals surface area (Å²) in [5.74, 6) is -0.0989. The molecule has 7 nitrogen and oxygen atoms in total. The Kier molecular flexibility index (Phi) is 2.80. The largest absolute Gasteiger partial charge is 0.356 e. The van der Waals surface area contributed by atoms with Crippen molar-refractivity contribution in [3.05, 3.63) is 45.6 Å². The number of rotatable bonds is 2. The molecule has 18 heavy (non-hydrogen) atoms. The summed E-state index contributed by atoms with van der Waals surface area (Å²) in [6.45, 7) is 0. The third kappa shape index (κ3) is 2.05. The number of guanidine groups is 1. The van der Waals surface area contributed by atoms with Crippen LogP contribution in [0.4, 0.5) is 5.69 Å². The number of nitrogens with two attached hydrogens (primary N) is 1. The topological polar surface area (TPSA) is 101 Å². The van der Waals surface area contributed by atoms with Gasteiger partial charge in [0, 0.05) is 12.1 Å². The predicted octanol–water partition coefficient (Wildman–Crippen LogP) is 0.0225. The summed E-state index contributed by atoms with van der Waals surface area (Å²) in [4.78, 5) is 21.7. The lowest BCUT2D eigenvalue weighted by molar-refractivity contribution is -0.432. The molecule has 0 unspecified atom stereocenters. The monoisotopic (exact) mass is 247 g/mol. The van der Waals surface area contributed by atoms with Gasteiger partial charge >= 0.3 is 11.9 Å². The molecule has 0 aliphatic carbocycles. The van der Waals surface area contributed by atoms with Crippen LogP contribution in [0, 0.1) is 10.1 Å². The number of hydrogen-bond donors (Lipinski definition) is 2. The van der Waals surface area contributed by atoms with Crippen LogP contribution in [0.5, 0.6) is 0 Å². The van der Waals surface area contributed by atoms with E-state index in [1.807, 2.05) is 0 Å². The number of amides is 1. The van der Waals surface area contributed by atoms with Gasteiger partial charge in [-0.05, 0) is 11.6 Å². The molecule has 0 saturated carbocycles. The van der Waals surface area contributed by atoms with Crippen molar-refractivity contribution >= 4 is 23.6 Å². The maximum atomic E-state index is 11.6. The molecule has 0 spiro atoms. The molecule has 1 aliphatic heterocycles. The average Bonchev–Trinajstić information content (AvgIpc) is 2.56. The van der Waals surface area contributed by atoms with E-state index in [4.69, 9.17) is 5.73 Å². The van der Waals surface area contributed by atoms with Crippen LogP contribution in [-0.2, 0) is 4.79 Å². The Bertz CT molecular complexity index is 604. The number of nitrogens with one attached hydrogen (secondary N) is 1. The van der Waals surface area contributed by atoms with Crippen LogP contribution >= 0.6 is 0 Å². The zero-order valence-electron chi connectivity index (χ0n) is 9.58. The van der Waals surface area contributed by atoms with Crippen LogP contribution in [-0.4, -0.2) is 28.4 Å². The van der Waals surface area contributed by atoms with E-state index in [1.165, 1.54) is 16.7 Å². The van der Waals surface area contributed by atoms with Crippen molar-refractivity contribution in [3.8, 4) is 0 Å². The smallest absolute Gasteiger partial charge is 0.290 e. The van der Waals surface area contributed by atoms with Gasteiger partial charge in [0.15, 0.2) is 5.70 Å². The first-order valence-corrected chi connectivity index (χ1v) is 5.12. The first kappa shape index (κ1) is 11.8. The van der Waals surface area contributed by atoms with Crippen molar-refractivity contribution in [2.45, 2.75) is 0 Å². The van der Waals surface area contributed by atoms with Crippen molar-refractivity contribution in [1.29, 1.82) is 0 Å². The average molecular weight is 247 g/mol. The fraction of sp³-hybridized carbons (Fsp3) is 0.0909. The Morgan fingerprint density at radius 1 is 1.50 bits per heavy atom. The van der Waals surface area contributed by atoms with E-state index in [-0.39, 0.29) is 17.6 Å². The number of carbonyl (C=O) groups excluding carboxylic acids is 1. The van der Waals surface area contributed by atoms with Gasteiger partial charge in [0.1, 0.15) is 0 Å². The van der Waals surface area contributed by atoms with Crippen LogP contribution < -0.4 is 11.1 Å². The number of nitro groups is 1. The normalized spacial score (nSPS) is 17.2. The molecule has 0 bridgehead atoms. The van der Waals surface area contributed by atoms with Crippen molar-refractivity contribution in [3.63, 3.8) is 0 Å². The molecule has 2 rings (SSSR count). The second-order valence-electron chi connectivity index (χ2n) is 3.78. The van der Waals surface area contributed by atoms with Crippen molar-refractivity contribution in [2.24, 2.45) is 5.73 Å². The molecule has 1 heterocycles. The van der Waals surface area contributed by atoms with Gasteiger partial charge in [0.2, 0.25) is 0 Å². The second kappa shape index (κ2) is 4.28. The van der Waals surface area contributed by atoms with E-state index >= 15 is 0 Å². The van der Waals surface area contributed by atoms with Crippen LogP contribution in [0.2, 0.25) is 0 Å². The summed E-state index contributed by atoms with van der Waals surface area (Å²) in [5.41, 5.74) is 6.43. The summed E-state index contributed by atoms with van der Waals surface area (Å²) in [6, 6.07) is 6.02.